The Morgan fingerprint density at radius 2 is 1.75 bits per heavy atom. The fourth-order valence-corrected chi connectivity index (χ4v) is 2.98. The van der Waals surface area contributed by atoms with E-state index in [-0.39, 0.29) is 0 Å². The van der Waals surface area contributed by atoms with Gasteiger partial charge in [0.25, 0.3) is 5.79 Å². The van der Waals surface area contributed by atoms with Gasteiger partial charge in [0.2, 0.25) is 5.82 Å². The summed E-state index contributed by atoms with van der Waals surface area (Å²) in [5, 5.41) is 9.40. The molecule has 2 aromatic rings. The maximum Gasteiger partial charge on any atom is 0.448 e. The Hall–Kier alpha value is -2.72. The highest BCUT2D eigenvalue weighted by Gasteiger charge is 2.67. The summed E-state index contributed by atoms with van der Waals surface area (Å²) in [5.41, 5.74) is -0.936. The molecule has 28 heavy (non-hydrogen) atoms. The third-order valence-corrected chi connectivity index (χ3v) is 4.22. The van der Waals surface area contributed by atoms with Crippen molar-refractivity contribution in [1.82, 2.24) is 0 Å². The van der Waals surface area contributed by atoms with Crippen LogP contribution in [0, 0.1) is 11.6 Å². The van der Waals surface area contributed by atoms with E-state index >= 15 is 0 Å². The SMILES string of the molecule is COc1c([C@@H]2OC(c3ccccc3)(C(F)(F)F)O[C@H]2C(=O)O)ccc(F)c1F. The maximum atomic E-state index is 14.0. The molecule has 3 atom stereocenters. The Morgan fingerprint density at radius 3 is 2.29 bits per heavy atom. The number of carboxylic acid groups (broad SMARTS) is 1. The van der Waals surface area contributed by atoms with Crippen molar-refractivity contribution < 1.29 is 46.1 Å². The highest BCUT2D eigenvalue weighted by molar-refractivity contribution is 5.74. The molecule has 1 N–H and O–H groups in total. The quantitative estimate of drug-likeness (QED) is 0.783. The molecule has 3 rings (SSSR count). The average molecular weight is 404 g/mol. The topological polar surface area (TPSA) is 65.0 Å². The molecule has 1 heterocycles. The standard InChI is InChI=1S/C18H13F5O5/c1-26-13-10(7-8-11(19)12(13)20)14-15(16(24)25)28-17(27-14,18(21,22)23)9-5-3-2-4-6-9/h2-8,14-15H,1H3,(H,24,25)/t14-,15+,17?/m0/s1. The Kier molecular flexibility index (Phi) is 5.02. The average Bonchev–Trinajstić information content (AvgIpc) is 3.07. The molecule has 0 spiro atoms. The first-order valence-electron chi connectivity index (χ1n) is 7.85. The molecular formula is C18H13F5O5. The molecule has 1 saturated heterocycles. The zero-order chi connectivity index (χ0) is 20.7. The van der Waals surface area contributed by atoms with Crippen molar-refractivity contribution >= 4 is 5.97 Å². The van der Waals surface area contributed by atoms with E-state index in [4.69, 9.17) is 14.2 Å². The first-order valence-corrected chi connectivity index (χ1v) is 7.85. The predicted molar refractivity (Wildman–Crippen MR) is 83.4 cm³/mol. The lowest BCUT2D eigenvalue weighted by atomic mass is 10.0. The molecule has 2 aromatic carbocycles. The molecule has 1 unspecified atom stereocenters. The summed E-state index contributed by atoms with van der Waals surface area (Å²) in [6.07, 6.45) is -9.27. The fourth-order valence-electron chi connectivity index (χ4n) is 2.98. The van der Waals surface area contributed by atoms with Gasteiger partial charge in [-0.3, -0.25) is 0 Å². The van der Waals surface area contributed by atoms with Crippen LogP contribution < -0.4 is 4.74 Å². The van der Waals surface area contributed by atoms with Crippen molar-refractivity contribution in [2.75, 3.05) is 7.11 Å². The van der Waals surface area contributed by atoms with Crippen LogP contribution in [0.5, 0.6) is 5.75 Å². The molecule has 10 heteroatoms. The molecule has 1 aliphatic heterocycles. The minimum Gasteiger partial charge on any atom is -0.493 e. The second-order valence-corrected chi connectivity index (χ2v) is 5.88. The van der Waals surface area contributed by atoms with Crippen LogP contribution in [0.15, 0.2) is 42.5 Å². The van der Waals surface area contributed by atoms with Gasteiger partial charge in [-0.25, -0.2) is 9.18 Å². The van der Waals surface area contributed by atoms with E-state index in [1.54, 1.807) is 0 Å². The molecule has 0 aromatic heterocycles. The second-order valence-electron chi connectivity index (χ2n) is 5.88. The number of methoxy groups -OCH3 is 1. The van der Waals surface area contributed by atoms with Crippen LogP contribution in [0.4, 0.5) is 22.0 Å². The number of hydrogen-bond acceptors (Lipinski definition) is 4. The van der Waals surface area contributed by atoms with Gasteiger partial charge in [0.05, 0.1) is 7.11 Å². The highest BCUT2D eigenvalue weighted by Crippen LogP contribution is 2.54. The lowest BCUT2D eigenvalue weighted by Crippen LogP contribution is -2.44. The number of aliphatic carboxylic acids is 1. The van der Waals surface area contributed by atoms with Crippen LogP contribution in [0.1, 0.15) is 17.2 Å². The third kappa shape index (κ3) is 3.08. The molecule has 0 saturated carbocycles. The molecule has 0 radical (unpaired) electrons. The minimum absolute atomic E-state index is 0.434. The molecule has 150 valence electrons. The number of benzene rings is 2. The summed E-state index contributed by atoms with van der Waals surface area (Å²) in [4.78, 5) is 11.6. The Balaban J connectivity index is 2.19. The van der Waals surface area contributed by atoms with Gasteiger partial charge in [-0.1, -0.05) is 30.3 Å². The summed E-state index contributed by atoms with van der Waals surface area (Å²) >= 11 is 0. The summed E-state index contributed by atoms with van der Waals surface area (Å²) in [7, 11) is 0.959. The van der Waals surface area contributed by atoms with E-state index in [0.29, 0.717) is 6.07 Å². The van der Waals surface area contributed by atoms with Gasteiger partial charge in [0, 0.05) is 11.1 Å². The number of hydrogen-bond donors (Lipinski definition) is 1. The molecule has 1 fully saturated rings. The van der Waals surface area contributed by atoms with Crippen molar-refractivity contribution in [1.29, 1.82) is 0 Å². The first kappa shape index (κ1) is 20.0. The molecule has 1 aliphatic rings. The van der Waals surface area contributed by atoms with Crippen molar-refractivity contribution in [3.05, 3.63) is 65.2 Å². The number of rotatable bonds is 4. The largest absolute Gasteiger partial charge is 0.493 e. The number of carbonyl (C=O) groups is 1. The van der Waals surface area contributed by atoms with E-state index in [2.05, 4.69) is 0 Å². The van der Waals surface area contributed by atoms with Gasteiger partial charge >= 0.3 is 12.1 Å². The van der Waals surface area contributed by atoms with E-state index in [1.165, 1.54) is 18.2 Å². The molecular weight excluding hydrogens is 391 g/mol. The van der Waals surface area contributed by atoms with Gasteiger partial charge in [-0.05, 0) is 12.1 Å². The van der Waals surface area contributed by atoms with Crippen LogP contribution in [-0.2, 0) is 20.1 Å². The smallest absolute Gasteiger partial charge is 0.448 e. The van der Waals surface area contributed by atoms with Crippen LogP contribution in [0.3, 0.4) is 0 Å². The van der Waals surface area contributed by atoms with Crippen LogP contribution in [-0.4, -0.2) is 30.5 Å². The van der Waals surface area contributed by atoms with Gasteiger partial charge in [0.15, 0.2) is 17.7 Å². The zero-order valence-corrected chi connectivity index (χ0v) is 14.2. The zero-order valence-electron chi connectivity index (χ0n) is 14.2. The van der Waals surface area contributed by atoms with Crippen molar-refractivity contribution in [3.63, 3.8) is 0 Å². The number of alkyl halides is 3. The number of ether oxygens (including phenoxy) is 3. The van der Waals surface area contributed by atoms with Crippen molar-refractivity contribution in [2.24, 2.45) is 0 Å². The lowest BCUT2D eigenvalue weighted by Gasteiger charge is -2.30. The highest BCUT2D eigenvalue weighted by atomic mass is 19.4. The van der Waals surface area contributed by atoms with E-state index in [0.717, 1.165) is 25.3 Å². The van der Waals surface area contributed by atoms with Crippen molar-refractivity contribution in [2.45, 2.75) is 24.2 Å². The maximum absolute atomic E-state index is 14.0. The van der Waals surface area contributed by atoms with E-state index < -0.39 is 58.7 Å². The number of carboxylic acids is 1. The van der Waals surface area contributed by atoms with Gasteiger partial charge in [0.1, 0.15) is 6.10 Å². The second kappa shape index (κ2) is 7.02. The summed E-state index contributed by atoms with van der Waals surface area (Å²) < 4.78 is 84.0. The summed E-state index contributed by atoms with van der Waals surface area (Å²) in [5.74, 6) is -8.78. The third-order valence-electron chi connectivity index (χ3n) is 4.22. The molecule has 0 amide bonds. The molecule has 0 aliphatic carbocycles. The summed E-state index contributed by atoms with van der Waals surface area (Å²) in [6.45, 7) is 0. The summed E-state index contributed by atoms with van der Waals surface area (Å²) in [6, 6.07) is 7.65. The van der Waals surface area contributed by atoms with Crippen LogP contribution in [0.25, 0.3) is 0 Å². The fraction of sp³-hybridized carbons (Fsp3) is 0.278. The number of halogens is 5. The predicted octanol–water partition coefficient (Wildman–Crippen LogP) is 3.93. The van der Waals surface area contributed by atoms with Gasteiger partial charge in [-0.15, -0.1) is 0 Å². The van der Waals surface area contributed by atoms with E-state index in [9.17, 15) is 31.9 Å². The van der Waals surface area contributed by atoms with Crippen LogP contribution in [0.2, 0.25) is 0 Å². The van der Waals surface area contributed by atoms with Crippen LogP contribution >= 0.6 is 0 Å². The Labute approximate surface area is 155 Å². The normalized spacial score (nSPS) is 24.9. The van der Waals surface area contributed by atoms with Crippen molar-refractivity contribution in [3.8, 4) is 5.75 Å². The Morgan fingerprint density at radius 1 is 1.11 bits per heavy atom. The monoisotopic (exact) mass is 404 g/mol. The van der Waals surface area contributed by atoms with Gasteiger partial charge < -0.3 is 19.3 Å². The lowest BCUT2D eigenvalue weighted by molar-refractivity contribution is -0.360. The molecule has 5 nitrogen and oxygen atoms in total. The van der Waals surface area contributed by atoms with E-state index in [1.807, 2.05) is 0 Å². The van der Waals surface area contributed by atoms with Gasteiger partial charge in [-0.2, -0.15) is 17.6 Å². The minimum atomic E-state index is -5.18. The first-order chi connectivity index (χ1) is 13.1. The molecule has 0 bridgehead atoms. The Bertz CT molecular complexity index is 886.